The summed E-state index contributed by atoms with van der Waals surface area (Å²) in [5, 5.41) is 11.2. The molecule has 0 fully saturated rings. The van der Waals surface area contributed by atoms with Gasteiger partial charge in [-0.15, -0.1) is 0 Å². The third-order valence-corrected chi connectivity index (χ3v) is 6.09. The van der Waals surface area contributed by atoms with Gasteiger partial charge in [0.2, 0.25) is 5.95 Å². The fourth-order valence-electron chi connectivity index (χ4n) is 3.99. The van der Waals surface area contributed by atoms with Crippen LogP contribution < -0.4 is 16.2 Å². The Morgan fingerprint density at radius 3 is 2.36 bits per heavy atom. The summed E-state index contributed by atoms with van der Waals surface area (Å²) < 4.78 is 3.06. The molecule has 5 rings (SSSR count). The lowest BCUT2D eigenvalue weighted by Crippen LogP contribution is -2.32. The average Bonchev–Trinajstić information content (AvgIpc) is 3.20. The van der Waals surface area contributed by atoms with Crippen LogP contribution in [0.4, 0.5) is 11.6 Å². The second-order valence-corrected chi connectivity index (χ2v) is 8.51. The summed E-state index contributed by atoms with van der Waals surface area (Å²) in [6, 6.07) is 26.0. The second-order valence-electron chi connectivity index (χ2n) is 8.15. The first-order chi connectivity index (χ1) is 17.5. The van der Waals surface area contributed by atoms with Gasteiger partial charge < -0.3 is 10.6 Å². The highest BCUT2D eigenvalue weighted by atomic mass is 35.5. The van der Waals surface area contributed by atoms with Crippen LogP contribution in [-0.2, 0) is 6.54 Å². The summed E-state index contributed by atoms with van der Waals surface area (Å²) >= 11 is 6.53. The number of anilines is 2. The van der Waals surface area contributed by atoms with Gasteiger partial charge in [-0.3, -0.25) is 14.2 Å². The number of fused-ring (bicyclic) bond motifs is 1. The second kappa shape index (κ2) is 10.1. The molecule has 0 unspecified atom stereocenters. The Kier molecular flexibility index (Phi) is 6.51. The molecular formula is C27H23ClN6O2. The fourth-order valence-corrected chi connectivity index (χ4v) is 4.35. The number of aromatic nitrogens is 4. The maximum atomic E-state index is 13.3. The van der Waals surface area contributed by atoms with Crippen LogP contribution in [0, 0.1) is 6.92 Å². The molecule has 2 aromatic heterocycles. The average molecular weight is 499 g/mol. The van der Waals surface area contributed by atoms with Crippen LogP contribution in [0.15, 0.2) is 89.7 Å². The maximum Gasteiger partial charge on any atom is 0.262 e. The van der Waals surface area contributed by atoms with Crippen molar-refractivity contribution in [2.45, 2.75) is 13.5 Å². The number of nitrogens with zero attached hydrogens (tertiary/aromatic N) is 4. The molecule has 8 nitrogen and oxygen atoms in total. The lowest BCUT2D eigenvalue weighted by molar-refractivity contribution is 0.0951. The topological polar surface area (TPSA) is 93.8 Å². The summed E-state index contributed by atoms with van der Waals surface area (Å²) in [7, 11) is 0. The number of rotatable bonds is 7. The van der Waals surface area contributed by atoms with E-state index in [1.165, 1.54) is 9.25 Å². The molecular weight excluding hydrogens is 476 g/mol. The molecule has 2 N–H and O–H groups in total. The van der Waals surface area contributed by atoms with E-state index in [0.717, 1.165) is 11.4 Å². The molecule has 1 amide bonds. The monoisotopic (exact) mass is 498 g/mol. The molecule has 0 spiro atoms. The normalized spacial score (nSPS) is 10.9. The van der Waals surface area contributed by atoms with Gasteiger partial charge in [0.1, 0.15) is 5.15 Å². The highest BCUT2D eigenvalue weighted by Crippen LogP contribution is 2.23. The van der Waals surface area contributed by atoms with Crippen molar-refractivity contribution in [3.8, 4) is 5.69 Å². The van der Waals surface area contributed by atoms with Gasteiger partial charge in [0.05, 0.1) is 27.8 Å². The molecule has 3 aromatic carbocycles. The third kappa shape index (κ3) is 4.58. The van der Waals surface area contributed by atoms with Crippen molar-refractivity contribution in [1.82, 2.24) is 24.6 Å². The zero-order chi connectivity index (χ0) is 25.1. The Balaban J connectivity index is 1.39. The summed E-state index contributed by atoms with van der Waals surface area (Å²) in [6.07, 6.45) is 0. The van der Waals surface area contributed by atoms with Crippen LogP contribution in [0.1, 0.15) is 16.1 Å². The van der Waals surface area contributed by atoms with Crippen molar-refractivity contribution in [1.29, 1.82) is 0 Å². The molecule has 2 heterocycles. The quantitative estimate of drug-likeness (QED) is 0.339. The summed E-state index contributed by atoms with van der Waals surface area (Å²) in [5.74, 6) is 0.0318. The Morgan fingerprint density at radius 2 is 1.61 bits per heavy atom. The predicted octanol–water partition coefficient (Wildman–Crippen LogP) is 4.72. The van der Waals surface area contributed by atoms with Gasteiger partial charge in [-0.05, 0) is 43.3 Å². The third-order valence-electron chi connectivity index (χ3n) is 5.74. The van der Waals surface area contributed by atoms with Crippen LogP contribution in [0.3, 0.4) is 0 Å². The first-order valence-electron chi connectivity index (χ1n) is 11.4. The number of hydrogen-bond donors (Lipinski definition) is 2. The fraction of sp³-hybridized carbons (Fsp3) is 0.111. The van der Waals surface area contributed by atoms with Gasteiger partial charge in [0.25, 0.3) is 11.5 Å². The van der Waals surface area contributed by atoms with E-state index in [9.17, 15) is 9.59 Å². The first-order valence-corrected chi connectivity index (χ1v) is 11.8. The molecule has 0 saturated carbocycles. The number of nitrogens with one attached hydrogen (secondary N) is 2. The van der Waals surface area contributed by atoms with E-state index in [-0.39, 0.29) is 29.7 Å². The minimum atomic E-state index is -0.362. The smallest absolute Gasteiger partial charge is 0.262 e. The first kappa shape index (κ1) is 23.3. The minimum absolute atomic E-state index is 0.189. The Morgan fingerprint density at radius 1 is 0.944 bits per heavy atom. The van der Waals surface area contributed by atoms with Crippen molar-refractivity contribution >= 4 is 40.0 Å². The molecule has 9 heteroatoms. The predicted molar refractivity (Wildman–Crippen MR) is 141 cm³/mol. The Bertz CT molecular complexity index is 1600. The van der Waals surface area contributed by atoms with Crippen molar-refractivity contribution < 1.29 is 4.79 Å². The molecule has 0 aliphatic rings. The molecule has 0 atom stereocenters. The van der Waals surface area contributed by atoms with E-state index in [4.69, 9.17) is 11.6 Å². The van der Waals surface area contributed by atoms with E-state index < -0.39 is 0 Å². The van der Waals surface area contributed by atoms with Crippen molar-refractivity contribution in [2.24, 2.45) is 0 Å². The largest absolute Gasteiger partial charge is 0.350 e. The van der Waals surface area contributed by atoms with Crippen LogP contribution in [0.5, 0.6) is 0 Å². The lowest BCUT2D eigenvalue weighted by atomic mass is 10.2. The number of carbonyl (C=O) groups excluding carboxylic acids is 1. The Labute approximate surface area is 212 Å². The lowest BCUT2D eigenvalue weighted by Gasteiger charge is -2.15. The zero-order valence-corrected chi connectivity index (χ0v) is 20.2. The number of benzene rings is 3. The minimum Gasteiger partial charge on any atom is -0.350 e. The van der Waals surface area contributed by atoms with Gasteiger partial charge in [0.15, 0.2) is 0 Å². The maximum absolute atomic E-state index is 13.3. The number of hydrogen-bond acceptors (Lipinski definition) is 5. The Hall–Kier alpha value is -4.43. The SMILES string of the molecule is Cc1nn(-c2ccccc2)c(Cl)c1C(=O)NCCn1c(Nc2ccccc2)nc2ccccc2c1=O. The highest BCUT2D eigenvalue weighted by molar-refractivity contribution is 6.33. The van der Waals surface area contributed by atoms with E-state index in [1.807, 2.05) is 66.7 Å². The number of carbonyl (C=O) groups is 1. The van der Waals surface area contributed by atoms with Crippen molar-refractivity contribution in [2.75, 3.05) is 11.9 Å². The van der Waals surface area contributed by atoms with Crippen LogP contribution in [0.25, 0.3) is 16.6 Å². The summed E-state index contributed by atoms with van der Waals surface area (Å²) in [6.45, 7) is 2.13. The molecule has 0 aliphatic heterocycles. The van der Waals surface area contributed by atoms with E-state index in [2.05, 4.69) is 20.7 Å². The van der Waals surface area contributed by atoms with E-state index in [1.54, 1.807) is 25.1 Å². The molecule has 0 aliphatic carbocycles. The summed E-state index contributed by atoms with van der Waals surface area (Å²) in [4.78, 5) is 31.0. The molecule has 36 heavy (non-hydrogen) atoms. The molecule has 0 saturated heterocycles. The highest BCUT2D eigenvalue weighted by Gasteiger charge is 2.21. The van der Waals surface area contributed by atoms with Gasteiger partial charge in [0, 0.05) is 18.8 Å². The van der Waals surface area contributed by atoms with Gasteiger partial charge >= 0.3 is 0 Å². The number of aryl methyl sites for hydroxylation is 1. The van der Waals surface area contributed by atoms with Crippen LogP contribution in [0.2, 0.25) is 5.15 Å². The molecule has 0 radical (unpaired) electrons. The molecule has 180 valence electrons. The van der Waals surface area contributed by atoms with Gasteiger partial charge in [-0.25, -0.2) is 9.67 Å². The molecule has 5 aromatic rings. The van der Waals surface area contributed by atoms with Crippen molar-refractivity contribution in [3.05, 3.63) is 112 Å². The number of para-hydroxylation sites is 3. The van der Waals surface area contributed by atoms with Gasteiger partial charge in [-0.1, -0.05) is 60.1 Å². The summed E-state index contributed by atoms with van der Waals surface area (Å²) in [5.41, 5.74) is 2.77. The van der Waals surface area contributed by atoms with E-state index >= 15 is 0 Å². The number of halogens is 1. The standard InChI is InChI=1S/C27H23ClN6O2/c1-18-23(24(28)34(32-18)20-12-6-3-7-13-20)25(35)29-16-17-33-26(36)21-14-8-9-15-22(21)31-27(33)30-19-10-4-2-5-11-19/h2-15H,16-17H2,1H3,(H,29,35)(H,30,31). The van der Waals surface area contributed by atoms with E-state index in [0.29, 0.717) is 28.1 Å². The van der Waals surface area contributed by atoms with Crippen molar-refractivity contribution in [3.63, 3.8) is 0 Å². The number of amides is 1. The zero-order valence-electron chi connectivity index (χ0n) is 19.5. The van der Waals surface area contributed by atoms with Gasteiger partial charge in [-0.2, -0.15) is 5.10 Å². The van der Waals surface area contributed by atoms with Crippen LogP contribution in [-0.4, -0.2) is 31.8 Å². The van der Waals surface area contributed by atoms with Crippen LogP contribution >= 0.6 is 11.6 Å². The molecule has 0 bridgehead atoms.